The fraction of sp³-hybridized carbons (Fsp3) is 0.333. The number of fused-ring (bicyclic) bond motifs is 1. The summed E-state index contributed by atoms with van der Waals surface area (Å²) < 4.78 is 0. The Bertz CT molecular complexity index is 505. The zero-order valence-electron chi connectivity index (χ0n) is 9.32. The predicted octanol–water partition coefficient (Wildman–Crippen LogP) is 1.70. The molecule has 0 spiro atoms. The van der Waals surface area contributed by atoms with Crippen molar-refractivity contribution < 1.29 is 9.59 Å². The smallest absolute Gasteiger partial charge is 0.239 e. The molecule has 4 nitrogen and oxygen atoms in total. The van der Waals surface area contributed by atoms with Crippen LogP contribution >= 0.6 is 23.2 Å². The molecule has 0 radical (unpaired) electrons. The van der Waals surface area contributed by atoms with Gasteiger partial charge in [-0.05, 0) is 18.2 Å². The second-order valence-electron chi connectivity index (χ2n) is 4.51. The van der Waals surface area contributed by atoms with Gasteiger partial charge in [0.25, 0.3) is 0 Å². The van der Waals surface area contributed by atoms with Crippen LogP contribution < -0.4 is 10.2 Å². The van der Waals surface area contributed by atoms with Crippen LogP contribution in [0.3, 0.4) is 0 Å². The van der Waals surface area contributed by atoms with Crippen LogP contribution in [0.2, 0.25) is 10.0 Å². The number of hydrogen-bond acceptors (Lipinski definition) is 3. The molecule has 1 aromatic carbocycles. The zero-order chi connectivity index (χ0) is 12.9. The number of carbonyl (C=O) groups is 2. The number of carbonyl (C=O) groups excluding carboxylic acids is 2. The summed E-state index contributed by atoms with van der Waals surface area (Å²) in [6.07, 6.45) is 0. The summed E-state index contributed by atoms with van der Waals surface area (Å²) in [4.78, 5) is 25.6. The Balaban J connectivity index is 2.02. The van der Waals surface area contributed by atoms with E-state index in [-0.39, 0.29) is 23.7 Å². The molecule has 2 atom stereocenters. The van der Waals surface area contributed by atoms with Crippen LogP contribution in [0.1, 0.15) is 0 Å². The highest BCUT2D eigenvalue weighted by atomic mass is 35.5. The highest BCUT2D eigenvalue weighted by Crippen LogP contribution is 2.35. The van der Waals surface area contributed by atoms with Gasteiger partial charge in [-0.15, -0.1) is 0 Å². The molecule has 3 rings (SSSR count). The third-order valence-corrected chi connectivity index (χ3v) is 3.83. The van der Waals surface area contributed by atoms with E-state index in [1.165, 1.54) is 4.90 Å². The molecule has 0 bridgehead atoms. The number of nitrogens with one attached hydrogen (secondary N) is 1. The quantitative estimate of drug-likeness (QED) is 0.799. The van der Waals surface area contributed by atoms with Crippen molar-refractivity contribution >= 4 is 40.7 Å². The maximum absolute atomic E-state index is 12.2. The molecule has 2 heterocycles. The Kier molecular flexibility index (Phi) is 2.81. The van der Waals surface area contributed by atoms with Gasteiger partial charge in [0.15, 0.2) is 0 Å². The molecule has 2 unspecified atom stereocenters. The van der Waals surface area contributed by atoms with Crippen LogP contribution in [-0.4, -0.2) is 24.9 Å². The van der Waals surface area contributed by atoms with E-state index < -0.39 is 0 Å². The third-order valence-electron chi connectivity index (χ3n) is 3.39. The van der Waals surface area contributed by atoms with Gasteiger partial charge >= 0.3 is 0 Å². The van der Waals surface area contributed by atoms with Crippen molar-refractivity contribution in [2.24, 2.45) is 11.8 Å². The van der Waals surface area contributed by atoms with Gasteiger partial charge < -0.3 is 5.32 Å². The van der Waals surface area contributed by atoms with Crippen molar-refractivity contribution in [1.29, 1.82) is 0 Å². The Morgan fingerprint density at radius 1 is 1.00 bits per heavy atom. The van der Waals surface area contributed by atoms with E-state index >= 15 is 0 Å². The Labute approximate surface area is 114 Å². The summed E-state index contributed by atoms with van der Waals surface area (Å²) in [6, 6.07) is 4.73. The van der Waals surface area contributed by atoms with E-state index in [0.717, 1.165) is 0 Å². The standard InChI is InChI=1S/C12H10Cl2N2O2/c13-6-1-7(14)3-8(2-6)16-11(17)9-4-15-5-10(9)12(16)18/h1-3,9-10,15H,4-5H2. The van der Waals surface area contributed by atoms with Gasteiger partial charge in [0.2, 0.25) is 11.8 Å². The van der Waals surface area contributed by atoms with Gasteiger partial charge in [-0.3, -0.25) is 9.59 Å². The molecule has 6 heteroatoms. The fourth-order valence-electron chi connectivity index (χ4n) is 2.56. The lowest BCUT2D eigenvalue weighted by Gasteiger charge is -2.16. The van der Waals surface area contributed by atoms with Gasteiger partial charge in [-0.2, -0.15) is 0 Å². The van der Waals surface area contributed by atoms with Crippen molar-refractivity contribution in [2.45, 2.75) is 0 Å². The highest BCUT2D eigenvalue weighted by molar-refractivity contribution is 6.35. The summed E-state index contributed by atoms with van der Waals surface area (Å²) in [7, 11) is 0. The largest absolute Gasteiger partial charge is 0.315 e. The molecule has 0 aromatic heterocycles. The van der Waals surface area contributed by atoms with Crippen LogP contribution in [0.15, 0.2) is 18.2 Å². The maximum atomic E-state index is 12.2. The van der Waals surface area contributed by atoms with Crippen LogP contribution in [0.4, 0.5) is 5.69 Å². The number of imide groups is 1. The first-order chi connectivity index (χ1) is 8.58. The van der Waals surface area contributed by atoms with Crippen LogP contribution in [0, 0.1) is 11.8 Å². The first-order valence-corrected chi connectivity index (χ1v) is 6.38. The van der Waals surface area contributed by atoms with Crippen molar-refractivity contribution in [2.75, 3.05) is 18.0 Å². The number of amides is 2. The molecule has 2 amide bonds. The van der Waals surface area contributed by atoms with E-state index in [1.807, 2.05) is 0 Å². The molecule has 0 saturated carbocycles. The minimum absolute atomic E-state index is 0.173. The number of benzene rings is 1. The second kappa shape index (κ2) is 4.23. The summed E-state index contributed by atoms with van der Waals surface area (Å²) in [5.41, 5.74) is 0.455. The van der Waals surface area contributed by atoms with Crippen LogP contribution in [0.5, 0.6) is 0 Å². The molecule has 2 saturated heterocycles. The predicted molar refractivity (Wildman–Crippen MR) is 68.8 cm³/mol. The summed E-state index contributed by atoms with van der Waals surface area (Å²) in [6.45, 7) is 1.11. The van der Waals surface area contributed by atoms with Gasteiger partial charge in [-0.25, -0.2) is 4.90 Å². The number of halogens is 2. The monoisotopic (exact) mass is 284 g/mol. The Hall–Kier alpha value is -1.10. The first-order valence-electron chi connectivity index (χ1n) is 5.62. The molecule has 94 valence electrons. The molecule has 2 aliphatic heterocycles. The number of nitrogens with zero attached hydrogens (tertiary/aromatic N) is 1. The maximum Gasteiger partial charge on any atom is 0.239 e. The fourth-order valence-corrected chi connectivity index (χ4v) is 3.08. The molecular weight excluding hydrogens is 275 g/mol. The Morgan fingerprint density at radius 2 is 1.50 bits per heavy atom. The lowest BCUT2D eigenvalue weighted by atomic mass is 10.00. The average molecular weight is 285 g/mol. The molecule has 1 N–H and O–H groups in total. The molecule has 2 fully saturated rings. The third kappa shape index (κ3) is 1.72. The summed E-state index contributed by atoms with van der Waals surface area (Å²) in [5, 5.41) is 3.88. The van der Waals surface area contributed by atoms with Crippen LogP contribution in [-0.2, 0) is 9.59 Å². The zero-order valence-corrected chi connectivity index (χ0v) is 10.8. The van der Waals surface area contributed by atoms with Crippen molar-refractivity contribution in [3.8, 4) is 0 Å². The molecule has 18 heavy (non-hydrogen) atoms. The van der Waals surface area contributed by atoms with Crippen molar-refractivity contribution in [3.63, 3.8) is 0 Å². The molecular formula is C12H10Cl2N2O2. The summed E-state index contributed by atoms with van der Waals surface area (Å²) >= 11 is 11.8. The van der Waals surface area contributed by atoms with E-state index in [1.54, 1.807) is 18.2 Å². The van der Waals surface area contributed by atoms with E-state index in [9.17, 15) is 9.59 Å². The topological polar surface area (TPSA) is 49.4 Å². The van der Waals surface area contributed by atoms with Gasteiger partial charge in [-0.1, -0.05) is 23.2 Å². The first kappa shape index (κ1) is 12.0. The highest BCUT2D eigenvalue weighted by Gasteiger charge is 2.50. The normalized spacial score (nSPS) is 26.9. The number of rotatable bonds is 1. The molecule has 1 aromatic rings. The van der Waals surface area contributed by atoms with Gasteiger partial charge in [0.1, 0.15) is 0 Å². The minimum atomic E-state index is -0.254. The number of anilines is 1. The van der Waals surface area contributed by atoms with Gasteiger partial charge in [0, 0.05) is 23.1 Å². The second-order valence-corrected chi connectivity index (χ2v) is 5.38. The minimum Gasteiger partial charge on any atom is -0.315 e. The molecule has 2 aliphatic rings. The van der Waals surface area contributed by atoms with Gasteiger partial charge in [0.05, 0.1) is 17.5 Å². The van der Waals surface area contributed by atoms with E-state index in [2.05, 4.69) is 5.32 Å². The van der Waals surface area contributed by atoms with E-state index in [4.69, 9.17) is 23.2 Å². The average Bonchev–Trinajstić information content (AvgIpc) is 2.83. The Morgan fingerprint density at radius 3 is 2.00 bits per heavy atom. The summed E-state index contributed by atoms with van der Waals surface area (Å²) in [5.74, 6) is -0.854. The van der Waals surface area contributed by atoms with Crippen molar-refractivity contribution in [3.05, 3.63) is 28.2 Å². The van der Waals surface area contributed by atoms with Crippen molar-refractivity contribution in [1.82, 2.24) is 5.32 Å². The number of hydrogen-bond donors (Lipinski definition) is 1. The molecule has 0 aliphatic carbocycles. The van der Waals surface area contributed by atoms with Crippen LogP contribution in [0.25, 0.3) is 0 Å². The SMILES string of the molecule is O=C1C2CNCC2C(=O)N1c1cc(Cl)cc(Cl)c1. The lowest BCUT2D eigenvalue weighted by molar-refractivity contribution is -0.122. The van der Waals surface area contributed by atoms with E-state index in [0.29, 0.717) is 28.8 Å². The lowest BCUT2D eigenvalue weighted by Crippen LogP contribution is -2.34.